The van der Waals surface area contributed by atoms with Crippen molar-refractivity contribution in [1.29, 1.82) is 0 Å². The Bertz CT molecular complexity index is 679. The van der Waals surface area contributed by atoms with Crippen LogP contribution in [0, 0.1) is 0 Å². The molecule has 0 N–H and O–H groups in total. The van der Waals surface area contributed by atoms with E-state index in [1.807, 2.05) is 39.4 Å². The molecule has 0 spiro atoms. The van der Waals surface area contributed by atoms with Crippen molar-refractivity contribution in [3.05, 3.63) is 72.0 Å². The molecule has 0 radical (unpaired) electrons. The number of aliphatic imine (C=N–C) groups is 1. The van der Waals surface area contributed by atoms with E-state index in [0.29, 0.717) is 6.54 Å². The van der Waals surface area contributed by atoms with Crippen LogP contribution >= 0.6 is 0 Å². The van der Waals surface area contributed by atoms with Crippen molar-refractivity contribution in [1.82, 2.24) is 4.90 Å². The largest absolute Gasteiger partial charge is 0.378 e. The molecule has 0 unspecified atom stereocenters. The second-order valence-corrected chi connectivity index (χ2v) is 5.16. The maximum atomic E-state index is 4.49. The highest BCUT2D eigenvalue weighted by atomic mass is 15.1. The molecule has 2 rings (SSSR count). The van der Waals surface area contributed by atoms with Gasteiger partial charge in [0.15, 0.2) is 0 Å². The Morgan fingerprint density at radius 3 is 2.57 bits per heavy atom. The van der Waals surface area contributed by atoms with Crippen molar-refractivity contribution in [3.8, 4) is 0 Å². The Morgan fingerprint density at radius 2 is 1.86 bits per heavy atom. The SMILES string of the molecule is C\C=C/C(=C\C=N\Cc1ccc2ccccc2c1)N(C)C. The monoisotopic (exact) mass is 278 g/mol. The number of hydrogen-bond acceptors (Lipinski definition) is 2. The molecule has 2 aromatic carbocycles. The third-order valence-corrected chi connectivity index (χ3v) is 3.29. The molecule has 0 bridgehead atoms. The van der Waals surface area contributed by atoms with Gasteiger partial charge in [0.25, 0.3) is 0 Å². The summed E-state index contributed by atoms with van der Waals surface area (Å²) in [6.07, 6.45) is 8.01. The van der Waals surface area contributed by atoms with Gasteiger partial charge in [0.1, 0.15) is 0 Å². The van der Waals surface area contributed by atoms with Gasteiger partial charge in [-0.2, -0.15) is 0 Å². The van der Waals surface area contributed by atoms with Gasteiger partial charge in [0, 0.05) is 26.0 Å². The van der Waals surface area contributed by atoms with E-state index in [-0.39, 0.29) is 0 Å². The molecule has 0 amide bonds. The summed E-state index contributed by atoms with van der Waals surface area (Å²) in [4.78, 5) is 6.56. The summed E-state index contributed by atoms with van der Waals surface area (Å²) >= 11 is 0. The lowest BCUT2D eigenvalue weighted by Gasteiger charge is -2.12. The smallest absolute Gasteiger partial charge is 0.0639 e. The lowest BCUT2D eigenvalue weighted by atomic mass is 10.1. The Balaban J connectivity index is 2.07. The van der Waals surface area contributed by atoms with E-state index in [1.165, 1.54) is 16.3 Å². The molecule has 21 heavy (non-hydrogen) atoms. The zero-order valence-electron chi connectivity index (χ0n) is 13.0. The number of nitrogens with zero attached hydrogens (tertiary/aromatic N) is 2. The summed E-state index contributed by atoms with van der Waals surface area (Å²) in [7, 11) is 4.06. The second-order valence-electron chi connectivity index (χ2n) is 5.16. The molecular formula is C19H22N2. The van der Waals surface area contributed by atoms with Crippen LogP contribution in [0.4, 0.5) is 0 Å². The molecule has 0 atom stereocenters. The lowest BCUT2D eigenvalue weighted by Crippen LogP contribution is -2.09. The van der Waals surface area contributed by atoms with Gasteiger partial charge < -0.3 is 4.90 Å². The van der Waals surface area contributed by atoms with Crippen LogP contribution in [0.5, 0.6) is 0 Å². The quantitative estimate of drug-likeness (QED) is 0.583. The zero-order chi connectivity index (χ0) is 15.1. The second kappa shape index (κ2) is 7.44. The minimum Gasteiger partial charge on any atom is -0.378 e. The normalized spacial score (nSPS) is 12.6. The van der Waals surface area contributed by atoms with Gasteiger partial charge in [-0.1, -0.05) is 42.5 Å². The highest BCUT2D eigenvalue weighted by Gasteiger charge is 1.95. The predicted molar refractivity (Wildman–Crippen MR) is 92.7 cm³/mol. The van der Waals surface area contributed by atoms with Gasteiger partial charge in [-0.25, -0.2) is 0 Å². The fourth-order valence-electron chi connectivity index (χ4n) is 2.15. The van der Waals surface area contributed by atoms with Gasteiger partial charge >= 0.3 is 0 Å². The maximum Gasteiger partial charge on any atom is 0.0639 e. The number of allylic oxidation sites excluding steroid dienone is 3. The van der Waals surface area contributed by atoms with Crippen LogP contribution in [0.25, 0.3) is 10.8 Å². The van der Waals surface area contributed by atoms with Crippen LogP contribution in [-0.2, 0) is 6.54 Å². The van der Waals surface area contributed by atoms with Crippen molar-refractivity contribution in [2.45, 2.75) is 13.5 Å². The van der Waals surface area contributed by atoms with Gasteiger partial charge in [-0.3, -0.25) is 4.99 Å². The van der Waals surface area contributed by atoms with Crippen LogP contribution in [0.2, 0.25) is 0 Å². The van der Waals surface area contributed by atoms with Gasteiger partial charge in [-0.15, -0.1) is 0 Å². The topological polar surface area (TPSA) is 15.6 Å². The third kappa shape index (κ3) is 4.32. The van der Waals surface area contributed by atoms with Crippen LogP contribution in [0.15, 0.2) is 71.4 Å². The molecule has 0 fully saturated rings. The Kier molecular flexibility index (Phi) is 5.33. The van der Waals surface area contributed by atoms with E-state index >= 15 is 0 Å². The first kappa shape index (κ1) is 15.0. The molecule has 0 heterocycles. The highest BCUT2D eigenvalue weighted by Crippen LogP contribution is 2.16. The summed E-state index contributed by atoms with van der Waals surface area (Å²) in [5, 5.41) is 2.54. The summed E-state index contributed by atoms with van der Waals surface area (Å²) in [5.74, 6) is 0. The van der Waals surface area contributed by atoms with E-state index < -0.39 is 0 Å². The number of likely N-dealkylation sites (N-methyl/N-ethyl adjacent to an activating group) is 1. The first-order chi connectivity index (χ1) is 10.2. The minimum atomic E-state index is 0.706. The fraction of sp³-hybridized carbons (Fsp3) is 0.211. The Morgan fingerprint density at radius 1 is 1.10 bits per heavy atom. The molecule has 0 aliphatic heterocycles. The highest BCUT2D eigenvalue weighted by molar-refractivity contribution is 5.83. The molecular weight excluding hydrogens is 256 g/mol. The number of hydrogen-bond donors (Lipinski definition) is 0. The van der Waals surface area contributed by atoms with Gasteiger partial charge in [0.05, 0.1) is 6.54 Å². The van der Waals surface area contributed by atoms with E-state index in [1.54, 1.807) is 0 Å². The zero-order valence-corrected chi connectivity index (χ0v) is 13.0. The molecule has 2 heteroatoms. The first-order valence-electron chi connectivity index (χ1n) is 7.18. The maximum absolute atomic E-state index is 4.49. The van der Waals surface area contributed by atoms with E-state index in [9.17, 15) is 0 Å². The summed E-state index contributed by atoms with van der Waals surface area (Å²) in [6, 6.07) is 14.9. The standard InChI is InChI=1S/C19H22N2/c1-4-7-19(21(2)3)12-13-20-15-16-10-11-17-8-5-6-9-18(17)14-16/h4-14H,15H2,1-3H3/b7-4-,19-12+,20-13+. The van der Waals surface area contributed by atoms with Gasteiger partial charge in [-0.05, 0) is 41.5 Å². The molecule has 0 aromatic heterocycles. The van der Waals surface area contributed by atoms with Crippen LogP contribution in [0.3, 0.4) is 0 Å². The molecule has 0 aliphatic rings. The Hall–Kier alpha value is -2.35. The van der Waals surface area contributed by atoms with Crippen molar-refractivity contribution in [3.63, 3.8) is 0 Å². The molecule has 2 aromatic rings. The van der Waals surface area contributed by atoms with E-state index in [4.69, 9.17) is 0 Å². The molecule has 2 nitrogen and oxygen atoms in total. The molecule has 0 saturated heterocycles. The van der Waals surface area contributed by atoms with Crippen molar-refractivity contribution < 1.29 is 0 Å². The minimum absolute atomic E-state index is 0.706. The van der Waals surface area contributed by atoms with Crippen LogP contribution in [0.1, 0.15) is 12.5 Å². The van der Waals surface area contributed by atoms with Crippen LogP contribution < -0.4 is 0 Å². The molecule has 0 saturated carbocycles. The Labute approximate surface area is 127 Å². The number of benzene rings is 2. The van der Waals surface area contributed by atoms with Crippen molar-refractivity contribution in [2.24, 2.45) is 4.99 Å². The first-order valence-corrected chi connectivity index (χ1v) is 7.18. The molecule has 0 aliphatic carbocycles. The average molecular weight is 278 g/mol. The summed E-state index contributed by atoms with van der Waals surface area (Å²) < 4.78 is 0. The van der Waals surface area contributed by atoms with E-state index in [2.05, 4.69) is 58.4 Å². The summed E-state index contributed by atoms with van der Waals surface area (Å²) in [5.41, 5.74) is 2.37. The van der Waals surface area contributed by atoms with Gasteiger partial charge in [0.2, 0.25) is 0 Å². The lowest BCUT2D eigenvalue weighted by molar-refractivity contribution is 0.531. The van der Waals surface area contributed by atoms with Crippen molar-refractivity contribution >= 4 is 17.0 Å². The van der Waals surface area contributed by atoms with Crippen LogP contribution in [-0.4, -0.2) is 25.2 Å². The fourth-order valence-corrected chi connectivity index (χ4v) is 2.15. The third-order valence-electron chi connectivity index (χ3n) is 3.29. The summed E-state index contributed by atoms with van der Waals surface area (Å²) in [6.45, 7) is 2.72. The average Bonchev–Trinajstić information content (AvgIpc) is 2.50. The van der Waals surface area contributed by atoms with Crippen molar-refractivity contribution in [2.75, 3.05) is 14.1 Å². The number of fused-ring (bicyclic) bond motifs is 1. The van der Waals surface area contributed by atoms with E-state index in [0.717, 1.165) is 5.70 Å². The predicted octanol–water partition coefficient (Wildman–Crippen LogP) is 4.43. The number of rotatable bonds is 5. The molecule has 108 valence electrons.